The van der Waals surface area contributed by atoms with E-state index in [-0.39, 0.29) is 31.5 Å². The van der Waals surface area contributed by atoms with Crippen molar-refractivity contribution in [3.05, 3.63) is 122 Å². The fraction of sp³-hybridized carbons (Fsp3) is 0.690. The molecule has 9 nitrogen and oxygen atoms in total. The molecular formula is C71H124N2O7P+. The Morgan fingerprint density at radius 1 is 0.444 bits per heavy atom. The summed E-state index contributed by atoms with van der Waals surface area (Å²) < 4.78 is 30.7. The maximum absolute atomic E-state index is 13.6. The highest BCUT2D eigenvalue weighted by atomic mass is 31.2. The molecule has 0 aliphatic carbocycles. The van der Waals surface area contributed by atoms with Gasteiger partial charge in [-0.1, -0.05) is 252 Å². The van der Waals surface area contributed by atoms with Crippen LogP contribution in [0.4, 0.5) is 0 Å². The Morgan fingerprint density at radius 2 is 0.790 bits per heavy atom. The predicted molar refractivity (Wildman–Crippen MR) is 350 cm³/mol. The summed E-state index contributed by atoms with van der Waals surface area (Å²) in [6.07, 6.45) is 83.4. The fourth-order valence-electron chi connectivity index (χ4n) is 8.83. The van der Waals surface area contributed by atoms with Gasteiger partial charge in [-0.05, 0) is 122 Å². The van der Waals surface area contributed by atoms with E-state index in [1.807, 2.05) is 33.3 Å². The number of amides is 1. The van der Waals surface area contributed by atoms with Gasteiger partial charge >= 0.3 is 13.8 Å². The van der Waals surface area contributed by atoms with E-state index in [9.17, 15) is 19.0 Å². The number of hydrogen-bond acceptors (Lipinski definition) is 6. The molecular weight excluding hydrogens is 1020 g/mol. The first-order valence-corrected chi connectivity index (χ1v) is 34.4. The molecule has 2 N–H and O–H groups in total. The van der Waals surface area contributed by atoms with E-state index in [0.29, 0.717) is 17.4 Å². The Kier molecular flexibility index (Phi) is 56.9. The zero-order chi connectivity index (χ0) is 59.3. The molecule has 0 bridgehead atoms. The molecule has 0 aromatic rings. The standard InChI is InChI=1S/C71H123N2O7P/c1-7-10-13-16-19-22-25-27-29-31-33-34-35-36-37-38-40-41-43-45-48-51-54-57-60-63-70(74)72-68(67-79-81(76,77)78-66-65-73(4,5)6)69(62-59-56-53-50-47-24-21-18-15-12-9-3)80-71(75)64-61-58-55-52-49-46-44-42-39-32-30-28-26-23-20-17-14-11-8-2/h10,13,19-20,22-23,27-30,33-34,36-37,39-42,59,62,68-69H,7-9,11-12,14-18,21,24-26,31-32,35,38,43-58,60-61,63-67H2,1-6H3,(H-,72,74,76,77)/p+1/b13-10-,22-19-,23-20-,29-27-,30-28-,34-33-,37-36-,41-40-,42-39-,62-59-. The molecule has 10 heteroatoms. The second kappa shape index (κ2) is 59.6. The van der Waals surface area contributed by atoms with Crippen molar-refractivity contribution in [3.8, 4) is 0 Å². The summed E-state index contributed by atoms with van der Waals surface area (Å²) in [6, 6.07) is -0.871. The highest BCUT2D eigenvalue weighted by Gasteiger charge is 2.30. The number of unbranched alkanes of at least 4 members (excludes halogenated alkanes) is 24. The largest absolute Gasteiger partial charge is 0.472 e. The Balaban J connectivity index is 5.20. The summed E-state index contributed by atoms with van der Waals surface area (Å²) >= 11 is 0. The van der Waals surface area contributed by atoms with Crippen LogP contribution in [-0.4, -0.2) is 74.3 Å². The molecule has 0 rings (SSSR count). The first-order valence-electron chi connectivity index (χ1n) is 32.9. The van der Waals surface area contributed by atoms with Crippen LogP contribution in [0.1, 0.15) is 265 Å². The molecule has 0 heterocycles. The zero-order valence-corrected chi connectivity index (χ0v) is 53.9. The van der Waals surface area contributed by atoms with Crippen molar-refractivity contribution in [2.24, 2.45) is 0 Å². The lowest BCUT2D eigenvalue weighted by Crippen LogP contribution is -2.47. The van der Waals surface area contributed by atoms with Crippen molar-refractivity contribution in [3.63, 3.8) is 0 Å². The Bertz CT molecular complexity index is 1800. The summed E-state index contributed by atoms with van der Waals surface area (Å²) in [4.78, 5) is 37.8. The van der Waals surface area contributed by atoms with Gasteiger partial charge in [-0.25, -0.2) is 4.57 Å². The molecule has 464 valence electrons. The van der Waals surface area contributed by atoms with E-state index in [1.54, 1.807) is 0 Å². The van der Waals surface area contributed by atoms with Crippen LogP contribution in [0.15, 0.2) is 122 Å². The summed E-state index contributed by atoms with van der Waals surface area (Å²) in [5, 5.41) is 3.05. The number of likely N-dealkylation sites (N-methyl/N-ethyl adjacent to an activating group) is 1. The third-order valence-electron chi connectivity index (χ3n) is 13.9. The van der Waals surface area contributed by atoms with Gasteiger partial charge < -0.3 is 19.4 Å². The smallest absolute Gasteiger partial charge is 0.456 e. The van der Waals surface area contributed by atoms with Crippen molar-refractivity contribution in [2.75, 3.05) is 40.9 Å². The maximum atomic E-state index is 13.6. The van der Waals surface area contributed by atoms with Crippen LogP contribution in [0.25, 0.3) is 0 Å². The number of nitrogens with one attached hydrogen (secondary N) is 1. The minimum absolute atomic E-state index is 0.0283. The molecule has 0 aliphatic rings. The van der Waals surface area contributed by atoms with E-state index in [0.717, 1.165) is 148 Å². The molecule has 0 aromatic carbocycles. The number of phosphoric acid groups is 1. The molecule has 0 saturated carbocycles. The van der Waals surface area contributed by atoms with Crippen LogP contribution in [0, 0.1) is 0 Å². The summed E-state index contributed by atoms with van der Waals surface area (Å²) in [5.74, 6) is -0.543. The van der Waals surface area contributed by atoms with E-state index >= 15 is 0 Å². The van der Waals surface area contributed by atoms with Crippen molar-refractivity contribution >= 4 is 19.7 Å². The average Bonchev–Trinajstić information content (AvgIpc) is 3.44. The number of quaternary nitrogens is 1. The molecule has 0 saturated heterocycles. The molecule has 0 fully saturated rings. The molecule has 3 unspecified atom stereocenters. The molecule has 0 radical (unpaired) electrons. The number of ether oxygens (including phenoxy) is 1. The number of hydrogen-bond donors (Lipinski definition) is 2. The average molecular weight is 1150 g/mol. The van der Waals surface area contributed by atoms with Crippen LogP contribution >= 0.6 is 7.82 Å². The van der Waals surface area contributed by atoms with Gasteiger partial charge in [0.2, 0.25) is 5.91 Å². The van der Waals surface area contributed by atoms with Gasteiger partial charge in [0.1, 0.15) is 19.3 Å². The van der Waals surface area contributed by atoms with Gasteiger partial charge in [-0.15, -0.1) is 0 Å². The van der Waals surface area contributed by atoms with E-state index in [1.165, 1.54) is 83.5 Å². The van der Waals surface area contributed by atoms with Crippen LogP contribution in [0.3, 0.4) is 0 Å². The van der Waals surface area contributed by atoms with Crippen molar-refractivity contribution in [1.82, 2.24) is 5.32 Å². The summed E-state index contributed by atoms with van der Waals surface area (Å²) in [6.45, 7) is 6.84. The van der Waals surface area contributed by atoms with Crippen LogP contribution < -0.4 is 5.32 Å². The fourth-order valence-corrected chi connectivity index (χ4v) is 9.57. The van der Waals surface area contributed by atoms with Gasteiger partial charge in [-0.3, -0.25) is 18.6 Å². The normalized spacial score (nSPS) is 14.4. The maximum Gasteiger partial charge on any atom is 0.472 e. The SMILES string of the molecule is CC/C=C\C/C=C\C/C=C\C/C=C\C/C=C\C/C=C\CCCCCCCCC(=O)NC(COP(=O)(O)OCC[N+](C)(C)C)C(/C=C\CCCCCCCCCCC)OC(=O)CCCCCCCC/C=C\C/C=C\C/C=C\CCCCC. The van der Waals surface area contributed by atoms with Crippen LogP contribution in [0.5, 0.6) is 0 Å². The van der Waals surface area contributed by atoms with E-state index < -0.39 is 20.0 Å². The van der Waals surface area contributed by atoms with Crippen LogP contribution in [0.2, 0.25) is 0 Å². The Morgan fingerprint density at radius 3 is 1.21 bits per heavy atom. The first-order chi connectivity index (χ1) is 39.4. The van der Waals surface area contributed by atoms with Gasteiger partial charge in [-0.2, -0.15) is 0 Å². The number of nitrogens with zero attached hydrogens (tertiary/aromatic N) is 1. The highest BCUT2D eigenvalue weighted by molar-refractivity contribution is 7.47. The predicted octanol–water partition coefficient (Wildman–Crippen LogP) is 20.7. The first kappa shape index (κ1) is 77.4. The highest BCUT2D eigenvalue weighted by Crippen LogP contribution is 2.43. The lowest BCUT2D eigenvalue weighted by Gasteiger charge is -2.27. The minimum atomic E-state index is -4.47. The summed E-state index contributed by atoms with van der Waals surface area (Å²) in [5.41, 5.74) is 0. The lowest BCUT2D eigenvalue weighted by atomic mass is 10.1. The number of allylic oxidation sites excluding steroid dienone is 19. The zero-order valence-electron chi connectivity index (χ0n) is 53.0. The molecule has 81 heavy (non-hydrogen) atoms. The molecule has 0 aliphatic heterocycles. The van der Waals surface area contributed by atoms with Crippen molar-refractivity contribution < 1.29 is 37.3 Å². The topological polar surface area (TPSA) is 111 Å². The monoisotopic (exact) mass is 1150 g/mol. The molecule has 0 aromatic heterocycles. The van der Waals surface area contributed by atoms with Gasteiger partial charge in [0.15, 0.2) is 0 Å². The van der Waals surface area contributed by atoms with E-state index in [4.69, 9.17) is 13.8 Å². The van der Waals surface area contributed by atoms with Crippen LogP contribution in [-0.2, 0) is 27.9 Å². The quantitative estimate of drug-likeness (QED) is 0.0205. The number of carbonyl (C=O) groups excluding carboxylic acids is 2. The number of rotatable bonds is 58. The third-order valence-corrected chi connectivity index (χ3v) is 14.9. The van der Waals surface area contributed by atoms with Gasteiger partial charge in [0, 0.05) is 12.8 Å². The van der Waals surface area contributed by atoms with E-state index in [2.05, 4.69) is 135 Å². The second-order valence-electron chi connectivity index (χ2n) is 22.9. The molecule has 1 amide bonds. The Labute approximate surface area is 499 Å². The number of esters is 1. The van der Waals surface area contributed by atoms with Crippen molar-refractivity contribution in [1.29, 1.82) is 0 Å². The number of phosphoric ester groups is 1. The molecule has 0 spiro atoms. The molecule has 3 atom stereocenters. The second-order valence-corrected chi connectivity index (χ2v) is 24.4. The van der Waals surface area contributed by atoms with Gasteiger partial charge in [0.05, 0.1) is 33.8 Å². The number of carbonyl (C=O) groups is 2. The third kappa shape index (κ3) is 60.8. The Hall–Kier alpha value is -3.59. The lowest BCUT2D eigenvalue weighted by molar-refractivity contribution is -0.870. The minimum Gasteiger partial charge on any atom is -0.456 e. The van der Waals surface area contributed by atoms with Gasteiger partial charge in [0.25, 0.3) is 0 Å². The summed E-state index contributed by atoms with van der Waals surface area (Å²) in [7, 11) is 1.46. The van der Waals surface area contributed by atoms with Crippen molar-refractivity contribution in [2.45, 2.75) is 277 Å².